The van der Waals surface area contributed by atoms with Gasteiger partial charge in [-0.25, -0.2) is 13.2 Å². The Labute approximate surface area is 119 Å². The van der Waals surface area contributed by atoms with Gasteiger partial charge < -0.3 is 10.2 Å². The van der Waals surface area contributed by atoms with Crippen LogP contribution in [-0.2, 0) is 0 Å². The van der Waals surface area contributed by atoms with Crippen molar-refractivity contribution < 1.29 is 17.6 Å². The van der Waals surface area contributed by atoms with Gasteiger partial charge in [-0.2, -0.15) is 0 Å². The van der Waals surface area contributed by atoms with Gasteiger partial charge in [-0.3, -0.25) is 0 Å². The summed E-state index contributed by atoms with van der Waals surface area (Å²) in [5.74, 6) is -1.69. The van der Waals surface area contributed by atoms with Gasteiger partial charge in [0.2, 0.25) is 0 Å². The average molecular weight is 291 g/mol. The molecule has 1 unspecified atom stereocenters. The number of fused-ring (bicyclic) bond motifs is 1. The van der Waals surface area contributed by atoms with Crippen LogP contribution in [0.4, 0.5) is 13.2 Å². The quantitative estimate of drug-likeness (QED) is 0.768. The zero-order valence-corrected chi connectivity index (χ0v) is 11.2. The molecule has 0 aliphatic rings. The van der Waals surface area contributed by atoms with E-state index in [2.05, 4.69) is 0 Å². The summed E-state index contributed by atoms with van der Waals surface area (Å²) in [4.78, 5) is 0. The van der Waals surface area contributed by atoms with Gasteiger partial charge in [0.05, 0.1) is 6.04 Å². The highest BCUT2D eigenvalue weighted by molar-refractivity contribution is 5.78. The lowest BCUT2D eigenvalue weighted by molar-refractivity contribution is 0.489. The van der Waals surface area contributed by atoms with E-state index < -0.39 is 23.5 Å². The molecule has 0 aliphatic carbocycles. The lowest BCUT2D eigenvalue weighted by atomic mass is 10.0. The number of benzene rings is 2. The first kappa shape index (κ1) is 13.7. The van der Waals surface area contributed by atoms with Crippen LogP contribution in [0.2, 0.25) is 0 Å². The van der Waals surface area contributed by atoms with E-state index in [9.17, 15) is 13.2 Å². The minimum Gasteiger partial charge on any atom is -0.456 e. The largest absolute Gasteiger partial charge is 0.456 e. The van der Waals surface area contributed by atoms with Crippen LogP contribution in [-0.4, -0.2) is 0 Å². The second-order valence-corrected chi connectivity index (χ2v) is 4.91. The van der Waals surface area contributed by atoms with Crippen LogP contribution in [0.1, 0.15) is 22.9 Å². The minimum atomic E-state index is -0.934. The number of nitrogens with two attached hydrogens (primary N) is 1. The topological polar surface area (TPSA) is 39.2 Å². The molecule has 2 N–H and O–H groups in total. The predicted octanol–water partition coefficient (Wildman–Crippen LogP) is 4.21. The summed E-state index contributed by atoms with van der Waals surface area (Å²) in [7, 11) is 0. The van der Waals surface area contributed by atoms with Gasteiger partial charge >= 0.3 is 0 Å². The van der Waals surface area contributed by atoms with Crippen LogP contribution in [0.25, 0.3) is 11.0 Å². The average Bonchev–Trinajstić information content (AvgIpc) is 2.87. The highest BCUT2D eigenvalue weighted by Gasteiger charge is 2.20. The van der Waals surface area contributed by atoms with Crippen LogP contribution in [0, 0.1) is 24.4 Å². The molecule has 3 aromatic rings. The van der Waals surface area contributed by atoms with Gasteiger partial charge in [0, 0.05) is 17.0 Å². The Morgan fingerprint density at radius 3 is 2.48 bits per heavy atom. The lowest BCUT2D eigenvalue weighted by Gasteiger charge is -2.11. The molecule has 0 radical (unpaired) electrons. The Morgan fingerprint density at radius 2 is 1.76 bits per heavy atom. The van der Waals surface area contributed by atoms with Crippen molar-refractivity contribution in [3.05, 3.63) is 70.7 Å². The van der Waals surface area contributed by atoms with E-state index in [0.29, 0.717) is 5.39 Å². The maximum absolute atomic E-state index is 13.9. The van der Waals surface area contributed by atoms with E-state index in [0.717, 1.165) is 6.07 Å². The van der Waals surface area contributed by atoms with E-state index in [-0.39, 0.29) is 22.5 Å². The molecule has 1 heterocycles. The first-order chi connectivity index (χ1) is 9.97. The number of aryl methyl sites for hydroxylation is 1. The smallest absolute Gasteiger partial charge is 0.169 e. The minimum absolute atomic E-state index is 0.0715. The Hall–Kier alpha value is -2.27. The number of rotatable bonds is 2. The van der Waals surface area contributed by atoms with Gasteiger partial charge in [-0.05, 0) is 30.7 Å². The molecule has 2 nitrogen and oxygen atoms in total. The normalized spacial score (nSPS) is 12.8. The van der Waals surface area contributed by atoms with Crippen molar-refractivity contribution in [1.82, 2.24) is 0 Å². The Balaban J connectivity index is 2.10. The van der Waals surface area contributed by atoms with Crippen molar-refractivity contribution in [3.8, 4) is 0 Å². The lowest BCUT2D eigenvalue weighted by Crippen LogP contribution is -2.13. The Morgan fingerprint density at radius 1 is 1.00 bits per heavy atom. The van der Waals surface area contributed by atoms with Gasteiger partial charge in [0.15, 0.2) is 11.4 Å². The van der Waals surface area contributed by atoms with Crippen LogP contribution in [0.3, 0.4) is 0 Å². The molecule has 0 fully saturated rings. The molecule has 0 amide bonds. The van der Waals surface area contributed by atoms with Gasteiger partial charge in [-0.1, -0.05) is 12.1 Å². The molecule has 1 aromatic heterocycles. The molecule has 0 bridgehead atoms. The van der Waals surface area contributed by atoms with E-state index in [4.69, 9.17) is 10.2 Å². The number of para-hydroxylation sites is 1. The fourth-order valence-corrected chi connectivity index (χ4v) is 2.27. The van der Waals surface area contributed by atoms with Gasteiger partial charge in [0.25, 0.3) is 0 Å². The second kappa shape index (κ2) is 4.93. The van der Waals surface area contributed by atoms with E-state index in [1.54, 1.807) is 18.2 Å². The van der Waals surface area contributed by atoms with Crippen LogP contribution in [0.15, 0.2) is 40.8 Å². The summed E-state index contributed by atoms with van der Waals surface area (Å²) >= 11 is 0. The molecule has 0 aliphatic heterocycles. The van der Waals surface area contributed by atoms with Crippen LogP contribution in [0.5, 0.6) is 0 Å². The maximum atomic E-state index is 13.9. The summed E-state index contributed by atoms with van der Waals surface area (Å²) in [5.41, 5.74) is 6.43. The fourth-order valence-electron chi connectivity index (χ4n) is 2.27. The number of hydrogen-bond acceptors (Lipinski definition) is 2. The molecule has 108 valence electrons. The van der Waals surface area contributed by atoms with Crippen LogP contribution >= 0.6 is 0 Å². The summed E-state index contributed by atoms with van der Waals surface area (Å²) in [6.07, 6.45) is 0. The van der Waals surface area contributed by atoms with Gasteiger partial charge in [-0.15, -0.1) is 0 Å². The molecule has 1 atom stereocenters. The third kappa shape index (κ3) is 2.29. The van der Waals surface area contributed by atoms with E-state index >= 15 is 0 Å². The number of furan rings is 1. The number of halogens is 3. The summed E-state index contributed by atoms with van der Waals surface area (Å²) in [6, 6.07) is 7.23. The van der Waals surface area contributed by atoms with Crippen molar-refractivity contribution >= 4 is 11.0 Å². The molecule has 5 heteroatoms. The SMILES string of the molecule is Cc1cc(C(N)c2cc3cccc(F)c3o2)c(F)cc1F. The highest BCUT2D eigenvalue weighted by Crippen LogP contribution is 2.30. The van der Waals surface area contributed by atoms with Crippen molar-refractivity contribution in [2.45, 2.75) is 13.0 Å². The van der Waals surface area contributed by atoms with Crippen molar-refractivity contribution in [2.75, 3.05) is 0 Å². The monoisotopic (exact) mass is 291 g/mol. The first-order valence-corrected chi connectivity index (χ1v) is 6.36. The molecule has 21 heavy (non-hydrogen) atoms. The molecule has 2 aromatic carbocycles. The number of hydrogen-bond donors (Lipinski definition) is 1. The standard InChI is InChI=1S/C16H12F3NO/c1-8-5-10(13(19)7-12(8)18)15(20)14-6-9-3-2-4-11(17)16(9)21-14/h2-7,15H,20H2,1H3. The van der Waals surface area contributed by atoms with E-state index in [1.165, 1.54) is 19.1 Å². The first-order valence-electron chi connectivity index (χ1n) is 6.36. The molecular formula is C16H12F3NO. The fraction of sp³-hybridized carbons (Fsp3) is 0.125. The van der Waals surface area contributed by atoms with Gasteiger partial charge in [0.1, 0.15) is 17.4 Å². The zero-order chi connectivity index (χ0) is 15.1. The Kier molecular flexibility index (Phi) is 3.22. The molecule has 0 saturated carbocycles. The molecular weight excluding hydrogens is 279 g/mol. The third-order valence-corrected chi connectivity index (χ3v) is 3.43. The van der Waals surface area contributed by atoms with Crippen molar-refractivity contribution in [1.29, 1.82) is 0 Å². The maximum Gasteiger partial charge on any atom is 0.169 e. The van der Waals surface area contributed by atoms with E-state index in [1.807, 2.05) is 0 Å². The predicted molar refractivity (Wildman–Crippen MR) is 73.3 cm³/mol. The van der Waals surface area contributed by atoms with Crippen molar-refractivity contribution in [2.24, 2.45) is 5.73 Å². The molecule has 3 rings (SSSR count). The van der Waals surface area contributed by atoms with Crippen LogP contribution < -0.4 is 5.73 Å². The summed E-state index contributed by atoms with van der Waals surface area (Å²) in [5, 5.41) is 0.541. The van der Waals surface area contributed by atoms with Crippen molar-refractivity contribution in [3.63, 3.8) is 0 Å². The zero-order valence-electron chi connectivity index (χ0n) is 11.2. The molecule has 0 saturated heterocycles. The third-order valence-electron chi connectivity index (χ3n) is 3.43. The second-order valence-electron chi connectivity index (χ2n) is 4.91. The summed E-state index contributed by atoms with van der Waals surface area (Å²) < 4.78 is 46.1. The molecule has 0 spiro atoms. The highest BCUT2D eigenvalue weighted by atomic mass is 19.1. The Bertz CT molecular complexity index is 826. The summed E-state index contributed by atoms with van der Waals surface area (Å²) in [6.45, 7) is 1.52.